The van der Waals surface area contributed by atoms with E-state index < -0.39 is 0 Å². The smallest absolute Gasteiger partial charge is 0.241 e. The van der Waals surface area contributed by atoms with Gasteiger partial charge in [0.15, 0.2) is 5.13 Å². The number of aromatic nitrogens is 1. The van der Waals surface area contributed by atoms with Gasteiger partial charge in [-0.1, -0.05) is 41.7 Å². The SMILES string of the molecule is COc1ccc(-c2nc(NC(=O)CCl)sc2-c2ccccc2)cc1. The topological polar surface area (TPSA) is 51.2 Å². The molecule has 0 radical (unpaired) electrons. The Balaban J connectivity index is 2.06. The molecule has 0 saturated heterocycles. The number of amides is 1. The maximum atomic E-state index is 11.6. The number of nitrogens with zero attached hydrogens (tertiary/aromatic N) is 1. The van der Waals surface area contributed by atoms with E-state index in [-0.39, 0.29) is 11.8 Å². The number of hydrogen-bond donors (Lipinski definition) is 1. The third-order valence-electron chi connectivity index (χ3n) is 3.39. The van der Waals surface area contributed by atoms with Crippen LogP contribution in [-0.2, 0) is 4.79 Å². The van der Waals surface area contributed by atoms with Gasteiger partial charge in [0.05, 0.1) is 17.7 Å². The minimum absolute atomic E-state index is 0.0991. The molecule has 122 valence electrons. The summed E-state index contributed by atoms with van der Waals surface area (Å²) in [6.45, 7) is 0. The maximum Gasteiger partial charge on any atom is 0.241 e. The molecule has 0 aliphatic heterocycles. The number of carbonyl (C=O) groups is 1. The summed E-state index contributed by atoms with van der Waals surface area (Å²) in [5.41, 5.74) is 2.82. The molecule has 1 amide bonds. The number of ether oxygens (including phenoxy) is 1. The van der Waals surface area contributed by atoms with E-state index in [2.05, 4.69) is 10.3 Å². The molecule has 0 spiro atoms. The summed E-state index contributed by atoms with van der Waals surface area (Å²) in [6, 6.07) is 17.6. The summed E-state index contributed by atoms with van der Waals surface area (Å²) in [5, 5.41) is 3.26. The normalized spacial score (nSPS) is 10.4. The number of benzene rings is 2. The Morgan fingerprint density at radius 1 is 1.12 bits per heavy atom. The van der Waals surface area contributed by atoms with E-state index in [4.69, 9.17) is 16.3 Å². The van der Waals surface area contributed by atoms with Gasteiger partial charge >= 0.3 is 0 Å². The number of rotatable bonds is 5. The molecule has 0 aliphatic carbocycles. The first kappa shape index (κ1) is 16.5. The van der Waals surface area contributed by atoms with E-state index in [1.54, 1.807) is 7.11 Å². The highest BCUT2D eigenvalue weighted by atomic mass is 35.5. The molecule has 0 bridgehead atoms. The van der Waals surface area contributed by atoms with Crippen molar-refractivity contribution in [3.05, 3.63) is 54.6 Å². The van der Waals surface area contributed by atoms with Gasteiger partial charge in [-0.2, -0.15) is 0 Å². The van der Waals surface area contributed by atoms with Crippen molar-refractivity contribution in [2.75, 3.05) is 18.3 Å². The minimum atomic E-state index is -0.272. The van der Waals surface area contributed by atoms with Crippen molar-refractivity contribution in [1.82, 2.24) is 4.98 Å². The summed E-state index contributed by atoms with van der Waals surface area (Å²) >= 11 is 6.99. The number of alkyl halides is 1. The van der Waals surface area contributed by atoms with E-state index in [0.717, 1.165) is 27.4 Å². The zero-order valence-electron chi connectivity index (χ0n) is 13.0. The molecule has 4 nitrogen and oxygen atoms in total. The molecule has 0 fully saturated rings. The van der Waals surface area contributed by atoms with Gasteiger partial charge in [-0.25, -0.2) is 4.98 Å². The standard InChI is InChI=1S/C18H15ClN2O2S/c1-23-14-9-7-12(8-10-14)16-17(13-5-3-2-4-6-13)24-18(21-16)20-15(22)11-19/h2-10H,11H2,1H3,(H,20,21,22). The zero-order chi connectivity index (χ0) is 16.9. The van der Waals surface area contributed by atoms with Gasteiger partial charge in [-0.3, -0.25) is 4.79 Å². The van der Waals surface area contributed by atoms with Crippen molar-refractivity contribution in [3.63, 3.8) is 0 Å². The van der Waals surface area contributed by atoms with Crippen LogP contribution in [0.15, 0.2) is 54.6 Å². The molecular weight excluding hydrogens is 344 g/mol. The summed E-state index contributed by atoms with van der Waals surface area (Å²) in [4.78, 5) is 17.1. The second kappa shape index (κ2) is 7.47. The second-order valence-electron chi connectivity index (χ2n) is 4.97. The van der Waals surface area contributed by atoms with Crippen LogP contribution < -0.4 is 10.1 Å². The van der Waals surface area contributed by atoms with Crippen molar-refractivity contribution >= 4 is 34.0 Å². The highest BCUT2D eigenvalue weighted by Crippen LogP contribution is 2.39. The summed E-state index contributed by atoms with van der Waals surface area (Å²) < 4.78 is 5.20. The Kier molecular flexibility index (Phi) is 5.13. The van der Waals surface area contributed by atoms with E-state index in [1.165, 1.54) is 11.3 Å². The van der Waals surface area contributed by atoms with Gasteiger partial charge < -0.3 is 10.1 Å². The lowest BCUT2D eigenvalue weighted by atomic mass is 10.1. The highest BCUT2D eigenvalue weighted by molar-refractivity contribution is 7.19. The fourth-order valence-corrected chi connectivity index (χ4v) is 3.33. The average molecular weight is 359 g/mol. The van der Waals surface area contributed by atoms with Crippen molar-refractivity contribution < 1.29 is 9.53 Å². The summed E-state index contributed by atoms with van der Waals surface area (Å²) in [6.07, 6.45) is 0. The zero-order valence-corrected chi connectivity index (χ0v) is 14.5. The summed E-state index contributed by atoms with van der Waals surface area (Å²) in [7, 11) is 1.63. The molecule has 0 aliphatic rings. The number of nitrogens with one attached hydrogen (secondary N) is 1. The Morgan fingerprint density at radius 3 is 2.46 bits per heavy atom. The van der Waals surface area contributed by atoms with E-state index >= 15 is 0 Å². The number of thiazole rings is 1. The number of methoxy groups -OCH3 is 1. The maximum absolute atomic E-state index is 11.6. The molecule has 1 heterocycles. The van der Waals surface area contributed by atoms with Crippen LogP contribution in [0, 0.1) is 0 Å². The second-order valence-corrected chi connectivity index (χ2v) is 6.24. The monoisotopic (exact) mass is 358 g/mol. The van der Waals surface area contributed by atoms with E-state index in [9.17, 15) is 4.79 Å². The van der Waals surface area contributed by atoms with Crippen molar-refractivity contribution in [1.29, 1.82) is 0 Å². The molecule has 0 saturated carbocycles. The van der Waals surface area contributed by atoms with Crippen LogP contribution in [0.1, 0.15) is 0 Å². The summed E-state index contributed by atoms with van der Waals surface area (Å²) in [5.74, 6) is 0.412. The van der Waals surface area contributed by atoms with Crippen LogP contribution in [0.5, 0.6) is 5.75 Å². The molecule has 6 heteroatoms. The fourth-order valence-electron chi connectivity index (χ4n) is 2.26. The average Bonchev–Trinajstić information content (AvgIpc) is 3.06. The number of carbonyl (C=O) groups excluding carboxylic acids is 1. The van der Waals surface area contributed by atoms with Crippen LogP contribution in [0.4, 0.5) is 5.13 Å². The number of anilines is 1. The Bertz CT molecular complexity index is 832. The molecule has 1 N–H and O–H groups in total. The van der Waals surface area contributed by atoms with Gasteiger partial charge in [-0.15, -0.1) is 11.6 Å². The molecule has 3 rings (SSSR count). The van der Waals surface area contributed by atoms with Crippen LogP contribution in [0.3, 0.4) is 0 Å². The quantitative estimate of drug-likeness (QED) is 0.675. The Morgan fingerprint density at radius 2 is 1.83 bits per heavy atom. The van der Waals surface area contributed by atoms with Gasteiger partial charge in [0.25, 0.3) is 0 Å². The first-order chi connectivity index (χ1) is 11.7. The van der Waals surface area contributed by atoms with Gasteiger partial charge in [0.2, 0.25) is 5.91 Å². The van der Waals surface area contributed by atoms with Crippen LogP contribution in [0.25, 0.3) is 21.7 Å². The van der Waals surface area contributed by atoms with Crippen molar-refractivity contribution in [2.24, 2.45) is 0 Å². The molecule has 24 heavy (non-hydrogen) atoms. The minimum Gasteiger partial charge on any atom is -0.497 e. The third-order valence-corrected chi connectivity index (χ3v) is 4.66. The van der Waals surface area contributed by atoms with Gasteiger partial charge in [-0.05, 0) is 29.8 Å². The molecule has 0 atom stereocenters. The third kappa shape index (κ3) is 3.58. The van der Waals surface area contributed by atoms with Crippen LogP contribution in [0.2, 0.25) is 0 Å². The van der Waals surface area contributed by atoms with Gasteiger partial charge in [0, 0.05) is 5.56 Å². The number of hydrogen-bond acceptors (Lipinski definition) is 4. The molecule has 2 aromatic carbocycles. The Labute approximate surface area is 149 Å². The highest BCUT2D eigenvalue weighted by Gasteiger charge is 2.16. The lowest BCUT2D eigenvalue weighted by Gasteiger charge is -2.04. The van der Waals surface area contributed by atoms with Crippen LogP contribution in [-0.4, -0.2) is 23.9 Å². The largest absolute Gasteiger partial charge is 0.497 e. The number of halogens is 1. The lowest BCUT2D eigenvalue weighted by Crippen LogP contribution is -2.12. The van der Waals surface area contributed by atoms with E-state index in [1.807, 2.05) is 54.6 Å². The van der Waals surface area contributed by atoms with Crippen molar-refractivity contribution in [2.45, 2.75) is 0 Å². The predicted octanol–water partition coefficient (Wildman–Crippen LogP) is 4.66. The van der Waals surface area contributed by atoms with Crippen molar-refractivity contribution in [3.8, 4) is 27.4 Å². The molecule has 1 aromatic heterocycles. The molecule has 3 aromatic rings. The molecular formula is C18H15ClN2O2S. The van der Waals surface area contributed by atoms with Gasteiger partial charge in [0.1, 0.15) is 11.6 Å². The van der Waals surface area contributed by atoms with Crippen LogP contribution >= 0.6 is 22.9 Å². The predicted molar refractivity (Wildman–Crippen MR) is 98.9 cm³/mol. The molecule has 0 unspecified atom stereocenters. The first-order valence-corrected chi connectivity index (χ1v) is 8.63. The lowest BCUT2D eigenvalue weighted by molar-refractivity contribution is -0.113. The Hall–Kier alpha value is -2.37. The van der Waals surface area contributed by atoms with E-state index in [0.29, 0.717) is 5.13 Å². The first-order valence-electron chi connectivity index (χ1n) is 7.27. The fraction of sp³-hybridized carbons (Fsp3) is 0.111.